The van der Waals surface area contributed by atoms with Gasteiger partial charge in [-0.15, -0.1) is 11.6 Å². The molecule has 0 unspecified atom stereocenters. The van der Waals surface area contributed by atoms with E-state index in [0.717, 1.165) is 22.7 Å². The molecule has 0 bridgehead atoms. The van der Waals surface area contributed by atoms with Crippen LogP contribution in [0.5, 0.6) is 0 Å². The van der Waals surface area contributed by atoms with Crippen molar-refractivity contribution in [3.63, 3.8) is 0 Å². The Morgan fingerprint density at radius 1 is 1.26 bits per heavy atom. The Bertz CT molecular complexity index is 652. The second kappa shape index (κ2) is 8.42. The lowest BCUT2D eigenvalue weighted by Gasteiger charge is -2.24. The van der Waals surface area contributed by atoms with Crippen molar-refractivity contribution < 1.29 is 4.79 Å². The Hall–Kier alpha value is -1.45. The van der Waals surface area contributed by atoms with Crippen molar-refractivity contribution in [1.82, 2.24) is 9.47 Å². The van der Waals surface area contributed by atoms with Crippen molar-refractivity contribution in [3.8, 4) is 0 Å². The topological polar surface area (TPSA) is 25.2 Å². The van der Waals surface area contributed by atoms with E-state index >= 15 is 0 Å². The molecule has 1 atom stereocenters. The van der Waals surface area contributed by atoms with Crippen LogP contribution in [0.15, 0.2) is 42.6 Å². The molecule has 2 aromatic rings. The molecule has 0 aliphatic heterocycles. The zero-order valence-electron chi connectivity index (χ0n) is 13.5. The summed E-state index contributed by atoms with van der Waals surface area (Å²) in [7, 11) is 0. The first kappa shape index (κ1) is 17.9. The molecular formula is C18H22Cl2N2O. The van der Waals surface area contributed by atoms with Gasteiger partial charge in [-0.2, -0.15) is 0 Å². The van der Waals surface area contributed by atoms with E-state index < -0.39 is 5.38 Å². The Morgan fingerprint density at radius 2 is 2.00 bits per heavy atom. The Morgan fingerprint density at radius 3 is 2.65 bits per heavy atom. The lowest BCUT2D eigenvalue weighted by Crippen LogP contribution is -2.36. The molecule has 1 aromatic carbocycles. The number of halogens is 2. The number of alkyl halides is 1. The van der Waals surface area contributed by atoms with E-state index in [1.165, 1.54) is 0 Å². The first-order valence-electron chi connectivity index (χ1n) is 7.83. The number of nitrogens with zero attached hydrogens (tertiary/aromatic N) is 2. The van der Waals surface area contributed by atoms with Gasteiger partial charge in [-0.1, -0.05) is 36.7 Å². The highest BCUT2D eigenvalue weighted by molar-refractivity contribution is 6.31. The van der Waals surface area contributed by atoms with Crippen molar-refractivity contribution in [2.24, 2.45) is 0 Å². The number of carbonyl (C=O) groups excluding carboxylic acids is 1. The predicted molar refractivity (Wildman–Crippen MR) is 96.0 cm³/mol. The van der Waals surface area contributed by atoms with Crippen LogP contribution in [0.3, 0.4) is 0 Å². The van der Waals surface area contributed by atoms with Crippen molar-refractivity contribution in [1.29, 1.82) is 0 Å². The second-order valence-electron chi connectivity index (χ2n) is 5.59. The zero-order valence-corrected chi connectivity index (χ0v) is 15.0. The number of rotatable bonds is 7. The summed E-state index contributed by atoms with van der Waals surface area (Å²) >= 11 is 12.2. The molecule has 1 amide bonds. The zero-order chi connectivity index (χ0) is 16.8. The van der Waals surface area contributed by atoms with Crippen LogP contribution in [0, 0.1) is 0 Å². The molecule has 1 heterocycles. The lowest BCUT2D eigenvalue weighted by atomic mass is 10.2. The highest BCUT2D eigenvalue weighted by atomic mass is 35.5. The smallest absolute Gasteiger partial charge is 0.240 e. The molecule has 0 saturated heterocycles. The van der Waals surface area contributed by atoms with Gasteiger partial charge in [-0.3, -0.25) is 4.79 Å². The number of benzene rings is 1. The SMILES string of the molecule is CCCN(Cc1cccn1Cc1ccccc1Cl)C(=O)[C@H](C)Cl. The van der Waals surface area contributed by atoms with E-state index in [4.69, 9.17) is 23.2 Å². The molecular weight excluding hydrogens is 331 g/mol. The molecule has 0 aliphatic carbocycles. The Balaban J connectivity index is 2.16. The maximum absolute atomic E-state index is 12.2. The van der Waals surface area contributed by atoms with Crippen molar-refractivity contribution in [2.45, 2.75) is 38.7 Å². The minimum atomic E-state index is -0.506. The van der Waals surface area contributed by atoms with Crippen LogP contribution in [0.4, 0.5) is 0 Å². The van der Waals surface area contributed by atoms with E-state index in [9.17, 15) is 4.79 Å². The van der Waals surface area contributed by atoms with E-state index in [1.54, 1.807) is 6.92 Å². The fourth-order valence-corrected chi connectivity index (χ4v) is 2.88. The first-order valence-corrected chi connectivity index (χ1v) is 8.64. The van der Waals surface area contributed by atoms with Crippen molar-refractivity contribution >= 4 is 29.1 Å². The van der Waals surface area contributed by atoms with Crippen molar-refractivity contribution in [3.05, 3.63) is 58.9 Å². The van der Waals surface area contributed by atoms with Gasteiger partial charge < -0.3 is 9.47 Å². The van der Waals surface area contributed by atoms with Gasteiger partial charge >= 0.3 is 0 Å². The summed E-state index contributed by atoms with van der Waals surface area (Å²) in [4.78, 5) is 14.1. The largest absolute Gasteiger partial charge is 0.345 e. The lowest BCUT2D eigenvalue weighted by molar-refractivity contribution is -0.131. The molecule has 2 rings (SSSR count). The quantitative estimate of drug-likeness (QED) is 0.670. The number of hydrogen-bond acceptors (Lipinski definition) is 1. The standard InChI is InChI=1S/C18H22Cl2N2O/c1-3-10-22(18(23)14(2)19)13-16-8-6-11-21(16)12-15-7-4-5-9-17(15)20/h4-9,11,14H,3,10,12-13H2,1-2H3/t14-/m0/s1. The second-order valence-corrected chi connectivity index (χ2v) is 6.66. The summed E-state index contributed by atoms with van der Waals surface area (Å²) in [6, 6.07) is 11.8. The number of aromatic nitrogens is 1. The van der Waals surface area contributed by atoms with Crippen LogP contribution in [-0.2, 0) is 17.9 Å². The maximum atomic E-state index is 12.2. The van der Waals surface area contributed by atoms with Gasteiger partial charge in [0.25, 0.3) is 0 Å². The van der Waals surface area contributed by atoms with E-state index in [1.807, 2.05) is 47.5 Å². The average molecular weight is 353 g/mol. The highest BCUT2D eigenvalue weighted by Gasteiger charge is 2.19. The van der Waals surface area contributed by atoms with Gasteiger partial charge in [-0.25, -0.2) is 0 Å². The van der Waals surface area contributed by atoms with Crippen LogP contribution in [-0.4, -0.2) is 27.3 Å². The summed E-state index contributed by atoms with van der Waals surface area (Å²) in [5, 5.41) is 0.247. The normalized spacial score (nSPS) is 12.2. The molecule has 1 aromatic heterocycles. The molecule has 0 aliphatic rings. The summed E-state index contributed by atoms with van der Waals surface area (Å²) in [6.07, 6.45) is 2.91. The van der Waals surface area contributed by atoms with Gasteiger partial charge in [0.15, 0.2) is 0 Å². The van der Waals surface area contributed by atoms with Crippen LogP contribution in [0.2, 0.25) is 5.02 Å². The minimum absolute atomic E-state index is 0.0287. The highest BCUT2D eigenvalue weighted by Crippen LogP contribution is 2.18. The molecule has 0 radical (unpaired) electrons. The van der Waals surface area contributed by atoms with Gasteiger partial charge in [-0.05, 0) is 37.1 Å². The molecule has 0 spiro atoms. The molecule has 124 valence electrons. The van der Waals surface area contributed by atoms with Crippen LogP contribution < -0.4 is 0 Å². The van der Waals surface area contributed by atoms with Crippen LogP contribution in [0.1, 0.15) is 31.5 Å². The maximum Gasteiger partial charge on any atom is 0.240 e. The molecule has 3 nitrogen and oxygen atoms in total. The monoisotopic (exact) mass is 352 g/mol. The fourth-order valence-electron chi connectivity index (χ4n) is 2.54. The third-order valence-corrected chi connectivity index (χ3v) is 4.28. The number of hydrogen-bond donors (Lipinski definition) is 0. The van der Waals surface area contributed by atoms with Crippen molar-refractivity contribution in [2.75, 3.05) is 6.54 Å². The molecule has 0 fully saturated rings. The van der Waals surface area contributed by atoms with Crippen LogP contribution >= 0.6 is 23.2 Å². The Labute approximate surface area is 147 Å². The molecule has 0 N–H and O–H groups in total. The van der Waals surface area contributed by atoms with Gasteiger partial charge in [0.05, 0.1) is 6.54 Å². The van der Waals surface area contributed by atoms with E-state index in [2.05, 4.69) is 11.5 Å². The van der Waals surface area contributed by atoms with E-state index in [-0.39, 0.29) is 5.91 Å². The molecule has 0 saturated carbocycles. The summed E-state index contributed by atoms with van der Waals surface area (Å²) < 4.78 is 2.12. The number of amides is 1. The van der Waals surface area contributed by atoms with Crippen LogP contribution in [0.25, 0.3) is 0 Å². The Kier molecular flexibility index (Phi) is 6.55. The summed E-state index contributed by atoms with van der Waals surface area (Å²) in [5.41, 5.74) is 2.13. The van der Waals surface area contributed by atoms with Gasteiger partial charge in [0.2, 0.25) is 5.91 Å². The fraction of sp³-hybridized carbons (Fsp3) is 0.389. The number of carbonyl (C=O) groups is 1. The van der Waals surface area contributed by atoms with Gasteiger partial charge in [0, 0.05) is 30.0 Å². The predicted octanol–water partition coefficient (Wildman–Crippen LogP) is 4.56. The third kappa shape index (κ3) is 4.76. The summed E-state index contributed by atoms with van der Waals surface area (Å²) in [6.45, 7) is 5.72. The minimum Gasteiger partial charge on any atom is -0.345 e. The third-order valence-electron chi connectivity index (χ3n) is 3.72. The van der Waals surface area contributed by atoms with Gasteiger partial charge in [0.1, 0.15) is 5.38 Å². The summed E-state index contributed by atoms with van der Waals surface area (Å²) in [5.74, 6) is -0.0287. The average Bonchev–Trinajstić information content (AvgIpc) is 2.95. The van der Waals surface area contributed by atoms with E-state index in [0.29, 0.717) is 19.6 Å². The molecule has 5 heteroatoms. The molecule has 23 heavy (non-hydrogen) atoms. The first-order chi connectivity index (χ1) is 11.0.